The van der Waals surface area contributed by atoms with E-state index in [4.69, 9.17) is 0 Å². The highest BCUT2D eigenvalue weighted by Crippen LogP contribution is 2.56. The number of para-hydroxylation sites is 1. The van der Waals surface area contributed by atoms with Gasteiger partial charge in [0.15, 0.2) is 11.2 Å². The van der Waals surface area contributed by atoms with Gasteiger partial charge in [0, 0.05) is 16.1 Å². The van der Waals surface area contributed by atoms with Crippen molar-refractivity contribution in [2.45, 2.75) is 18.0 Å². The largest absolute Gasteiger partial charge is 0.351 e. The molecule has 1 saturated heterocycles. The second-order valence-electron chi connectivity index (χ2n) is 7.53. The number of hydrogen-bond donors (Lipinski definition) is 0. The van der Waals surface area contributed by atoms with Crippen molar-refractivity contribution in [1.82, 2.24) is 0 Å². The van der Waals surface area contributed by atoms with E-state index in [-0.39, 0.29) is 5.78 Å². The summed E-state index contributed by atoms with van der Waals surface area (Å²) in [6.45, 7) is 0. The molecule has 2 aliphatic rings. The average Bonchev–Trinajstić information content (AvgIpc) is 3.43. The second-order valence-corrected chi connectivity index (χ2v) is 8.51. The van der Waals surface area contributed by atoms with Gasteiger partial charge in [0.1, 0.15) is 6.04 Å². The number of hydrogen-bond acceptors (Lipinski definition) is 5. The lowest BCUT2D eigenvalue weighted by Crippen LogP contribution is -2.44. The quantitative estimate of drug-likeness (QED) is 0.571. The predicted octanol–water partition coefficient (Wildman–Crippen LogP) is 5.03. The Morgan fingerprint density at radius 2 is 1.70 bits per heavy atom. The van der Waals surface area contributed by atoms with E-state index in [0.717, 1.165) is 16.1 Å². The molecule has 0 spiro atoms. The number of fused-ring (bicyclic) bond motifs is 3. The molecule has 144 valence electrons. The van der Waals surface area contributed by atoms with E-state index in [0.29, 0.717) is 5.56 Å². The standard InChI is InChI=1S/C25H17N3OS/c26-15-25(16-27)21-13-12-17-7-4-5-10-19(17)28(21)23(22(25)20-11-6-14-30-20)24(29)18-8-2-1-3-9-18/h1-14,21-23H/t21-,22-,23+/m1/s1. The fourth-order valence-electron chi connectivity index (χ4n) is 4.78. The molecule has 0 N–H and O–H groups in total. The number of anilines is 1. The maximum Gasteiger partial charge on any atom is 0.185 e. The first-order valence-electron chi connectivity index (χ1n) is 9.72. The van der Waals surface area contributed by atoms with E-state index < -0.39 is 23.4 Å². The Morgan fingerprint density at radius 1 is 0.967 bits per heavy atom. The molecule has 3 aromatic rings. The molecular weight excluding hydrogens is 390 g/mol. The predicted molar refractivity (Wildman–Crippen MR) is 117 cm³/mol. The highest BCUT2D eigenvalue weighted by molar-refractivity contribution is 7.10. The van der Waals surface area contributed by atoms with Gasteiger partial charge in [-0.25, -0.2) is 0 Å². The van der Waals surface area contributed by atoms with Crippen LogP contribution < -0.4 is 4.90 Å². The zero-order valence-electron chi connectivity index (χ0n) is 16.0. The van der Waals surface area contributed by atoms with E-state index >= 15 is 0 Å². The Balaban J connectivity index is 1.78. The van der Waals surface area contributed by atoms with Crippen LogP contribution >= 0.6 is 11.3 Å². The Labute approximate surface area is 178 Å². The number of rotatable bonds is 3. The number of nitriles is 2. The summed E-state index contributed by atoms with van der Waals surface area (Å²) in [4.78, 5) is 16.7. The monoisotopic (exact) mass is 407 g/mol. The third-order valence-electron chi connectivity index (χ3n) is 6.09. The number of Topliss-reactive ketones (excluding diaryl/α,β-unsaturated/α-hetero) is 1. The molecule has 0 bridgehead atoms. The van der Waals surface area contributed by atoms with E-state index in [2.05, 4.69) is 12.1 Å². The number of thiophene rings is 1. The van der Waals surface area contributed by atoms with Crippen LogP contribution in [0, 0.1) is 28.1 Å². The lowest BCUT2D eigenvalue weighted by atomic mass is 9.71. The van der Waals surface area contributed by atoms with Crippen LogP contribution in [0.3, 0.4) is 0 Å². The van der Waals surface area contributed by atoms with Gasteiger partial charge < -0.3 is 4.90 Å². The van der Waals surface area contributed by atoms with E-state index in [1.807, 2.05) is 77.0 Å². The Morgan fingerprint density at radius 3 is 2.40 bits per heavy atom. The molecule has 0 radical (unpaired) electrons. The van der Waals surface area contributed by atoms with Gasteiger partial charge in [-0.1, -0.05) is 66.7 Å². The number of benzene rings is 2. The first kappa shape index (κ1) is 18.4. The Hall–Kier alpha value is -3.67. The van der Waals surface area contributed by atoms with Crippen LogP contribution in [0.4, 0.5) is 5.69 Å². The van der Waals surface area contributed by atoms with Crippen molar-refractivity contribution in [1.29, 1.82) is 10.5 Å². The molecule has 2 aromatic carbocycles. The summed E-state index contributed by atoms with van der Waals surface area (Å²) in [5.41, 5.74) is 1.08. The summed E-state index contributed by atoms with van der Waals surface area (Å²) < 4.78 is 0. The minimum absolute atomic E-state index is 0.0727. The van der Waals surface area contributed by atoms with Gasteiger partial charge in [-0.05, 0) is 23.1 Å². The molecule has 3 heterocycles. The minimum Gasteiger partial charge on any atom is -0.351 e. The van der Waals surface area contributed by atoms with Gasteiger partial charge in [0.25, 0.3) is 0 Å². The fraction of sp³-hybridized carbons (Fsp3) is 0.160. The van der Waals surface area contributed by atoms with Gasteiger partial charge in [-0.3, -0.25) is 4.79 Å². The Kier molecular flexibility index (Phi) is 4.28. The molecule has 0 saturated carbocycles. The minimum atomic E-state index is -1.37. The molecule has 1 fully saturated rings. The van der Waals surface area contributed by atoms with E-state index in [9.17, 15) is 15.3 Å². The Bertz CT molecular complexity index is 1200. The zero-order chi connectivity index (χ0) is 20.7. The summed E-state index contributed by atoms with van der Waals surface area (Å²) in [6, 6.07) is 24.3. The highest BCUT2D eigenvalue weighted by atomic mass is 32.1. The zero-order valence-corrected chi connectivity index (χ0v) is 16.8. The van der Waals surface area contributed by atoms with Crippen LogP contribution in [0.5, 0.6) is 0 Å². The molecular formula is C25H17N3OS. The summed E-state index contributed by atoms with van der Waals surface area (Å²) >= 11 is 1.49. The molecule has 0 aliphatic carbocycles. The van der Waals surface area contributed by atoms with Crippen LogP contribution in [-0.4, -0.2) is 17.9 Å². The summed E-state index contributed by atoms with van der Waals surface area (Å²) in [5.74, 6) is -0.627. The van der Waals surface area contributed by atoms with Crippen molar-refractivity contribution >= 4 is 28.9 Å². The van der Waals surface area contributed by atoms with Crippen molar-refractivity contribution < 1.29 is 4.79 Å². The van der Waals surface area contributed by atoms with Crippen molar-refractivity contribution in [2.75, 3.05) is 4.90 Å². The lowest BCUT2D eigenvalue weighted by molar-refractivity contribution is 0.0951. The molecule has 1 aromatic heterocycles. The van der Waals surface area contributed by atoms with Crippen LogP contribution in [0.2, 0.25) is 0 Å². The fourth-order valence-corrected chi connectivity index (χ4v) is 5.72. The number of carbonyl (C=O) groups excluding carboxylic acids is 1. The molecule has 4 nitrogen and oxygen atoms in total. The van der Waals surface area contributed by atoms with Crippen molar-refractivity contribution in [3.05, 3.63) is 94.2 Å². The summed E-state index contributed by atoms with van der Waals surface area (Å²) in [7, 11) is 0. The SMILES string of the molecule is N#CC1(C#N)[C@H](c2cccs2)[C@@H](C(=O)c2ccccc2)N2c3ccccc3C=C[C@@H]21. The van der Waals surface area contributed by atoms with E-state index in [1.54, 1.807) is 12.1 Å². The molecule has 0 unspecified atom stereocenters. The maximum absolute atomic E-state index is 13.9. The second kappa shape index (κ2) is 6.99. The molecule has 30 heavy (non-hydrogen) atoms. The molecule has 0 amide bonds. The third-order valence-corrected chi connectivity index (χ3v) is 7.05. The van der Waals surface area contributed by atoms with Gasteiger partial charge in [-0.2, -0.15) is 10.5 Å². The molecule has 2 aliphatic heterocycles. The topological polar surface area (TPSA) is 67.9 Å². The number of ketones is 1. The first-order chi connectivity index (χ1) is 14.7. The highest BCUT2D eigenvalue weighted by Gasteiger charge is 2.63. The van der Waals surface area contributed by atoms with Crippen molar-refractivity contribution in [2.24, 2.45) is 5.41 Å². The number of carbonyl (C=O) groups is 1. The van der Waals surface area contributed by atoms with Crippen molar-refractivity contribution in [3.63, 3.8) is 0 Å². The molecule has 5 heteroatoms. The first-order valence-corrected chi connectivity index (χ1v) is 10.6. The van der Waals surface area contributed by atoms with Gasteiger partial charge in [-0.15, -0.1) is 11.3 Å². The van der Waals surface area contributed by atoms with Crippen LogP contribution in [0.25, 0.3) is 6.08 Å². The van der Waals surface area contributed by atoms with E-state index in [1.165, 1.54) is 11.3 Å². The average molecular weight is 407 g/mol. The normalized spacial score (nSPS) is 23.1. The molecule has 3 atom stereocenters. The summed E-state index contributed by atoms with van der Waals surface area (Å²) in [6.07, 6.45) is 3.87. The van der Waals surface area contributed by atoms with Gasteiger partial charge in [0.2, 0.25) is 0 Å². The van der Waals surface area contributed by atoms with Crippen molar-refractivity contribution in [3.8, 4) is 12.1 Å². The number of nitrogens with zero attached hydrogens (tertiary/aromatic N) is 3. The molecule has 5 rings (SSSR count). The van der Waals surface area contributed by atoms with Crippen LogP contribution in [0.1, 0.15) is 26.7 Å². The van der Waals surface area contributed by atoms with Crippen LogP contribution in [-0.2, 0) is 0 Å². The lowest BCUT2D eigenvalue weighted by Gasteiger charge is -2.35. The third kappa shape index (κ3) is 2.46. The maximum atomic E-state index is 13.9. The van der Waals surface area contributed by atoms with Crippen LogP contribution in [0.15, 0.2) is 78.2 Å². The smallest absolute Gasteiger partial charge is 0.185 e. The van der Waals surface area contributed by atoms with Gasteiger partial charge in [0.05, 0.1) is 24.1 Å². The summed E-state index contributed by atoms with van der Waals surface area (Å²) in [5, 5.41) is 22.5. The van der Waals surface area contributed by atoms with Gasteiger partial charge >= 0.3 is 0 Å².